The van der Waals surface area contributed by atoms with Crippen molar-refractivity contribution in [2.75, 3.05) is 23.9 Å². The molecule has 0 heterocycles. The van der Waals surface area contributed by atoms with Crippen molar-refractivity contribution in [3.8, 4) is 5.75 Å². The second-order valence-electron chi connectivity index (χ2n) is 3.53. The number of carbonyl (C=O) groups excluding carboxylic acids is 1. The van der Waals surface area contributed by atoms with Crippen molar-refractivity contribution in [2.45, 2.75) is 6.18 Å². The molecule has 1 N–H and O–H groups in total. The zero-order chi connectivity index (χ0) is 14.5. The minimum Gasteiger partial charge on any atom is -0.482 e. The lowest BCUT2D eigenvalue weighted by molar-refractivity contribution is -0.153. The molecule has 1 rings (SSSR count). The van der Waals surface area contributed by atoms with Gasteiger partial charge in [-0.2, -0.15) is 24.9 Å². The molecule has 106 valence electrons. The first-order valence-corrected chi connectivity index (χ1v) is 6.87. The molecule has 0 aromatic heterocycles. The lowest BCUT2D eigenvalue weighted by Gasteiger charge is -2.14. The van der Waals surface area contributed by atoms with Crippen molar-refractivity contribution < 1.29 is 22.7 Å². The van der Waals surface area contributed by atoms with Gasteiger partial charge in [0.2, 0.25) is 5.91 Å². The summed E-state index contributed by atoms with van der Waals surface area (Å²) in [4.78, 5) is 11.4. The van der Waals surface area contributed by atoms with Crippen LogP contribution in [0.1, 0.15) is 0 Å². The van der Waals surface area contributed by atoms with Crippen LogP contribution in [0.15, 0.2) is 18.2 Å². The molecule has 1 aromatic carbocycles. The van der Waals surface area contributed by atoms with Crippen molar-refractivity contribution in [3.63, 3.8) is 0 Å². The van der Waals surface area contributed by atoms with Crippen molar-refractivity contribution in [2.24, 2.45) is 0 Å². The van der Waals surface area contributed by atoms with Crippen LogP contribution in [0.2, 0.25) is 5.02 Å². The van der Waals surface area contributed by atoms with Crippen LogP contribution in [-0.2, 0) is 4.79 Å². The number of hydrogen-bond donors (Lipinski definition) is 1. The molecule has 0 saturated carbocycles. The number of nitrogens with one attached hydrogen (secondary N) is 1. The second kappa shape index (κ2) is 6.91. The minimum atomic E-state index is -4.46. The van der Waals surface area contributed by atoms with E-state index in [1.807, 2.05) is 0 Å². The molecule has 8 heteroatoms. The molecule has 0 saturated heterocycles. The molecule has 19 heavy (non-hydrogen) atoms. The highest BCUT2D eigenvalue weighted by molar-refractivity contribution is 7.99. The van der Waals surface area contributed by atoms with Gasteiger partial charge in [0.25, 0.3) is 0 Å². The lowest BCUT2D eigenvalue weighted by atomic mass is 10.3. The fourth-order valence-electron chi connectivity index (χ4n) is 1.20. The first-order valence-electron chi connectivity index (χ1n) is 5.09. The third-order valence-electron chi connectivity index (χ3n) is 1.88. The van der Waals surface area contributed by atoms with E-state index in [4.69, 9.17) is 11.6 Å². The highest BCUT2D eigenvalue weighted by Crippen LogP contribution is 2.29. The first kappa shape index (κ1) is 16.0. The van der Waals surface area contributed by atoms with Crippen LogP contribution in [-0.4, -0.2) is 30.7 Å². The smallest absolute Gasteiger partial charge is 0.422 e. The molecule has 1 amide bonds. The Hall–Kier alpha value is -1.08. The van der Waals surface area contributed by atoms with Crippen molar-refractivity contribution in [1.82, 2.24) is 0 Å². The summed E-state index contributed by atoms with van der Waals surface area (Å²) in [6, 6.07) is 4.07. The standard InChI is InChI=1S/C11H11ClF3NO2S/c1-19-5-10(17)16-8-3-2-7(12)4-9(8)18-6-11(13,14)15/h2-4H,5-6H2,1H3,(H,16,17). The molecular formula is C11H11ClF3NO2S. The van der Waals surface area contributed by atoms with Gasteiger partial charge in [0, 0.05) is 11.1 Å². The van der Waals surface area contributed by atoms with Gasteiger partial charge in [0.1, 0.15) is 5.75 Å². The Morgan fingerprint density at radius 2 is 2.16 bits per heavy atom. The molecule has 0 atom stereocenters. The number of carbonyl (C=O) groups is 1. The number of alkyl halides is 3. The van der Waals surface area contributed by atoms with Gasteiger partial charge in [-0.15, -0.1) is 0 Å². The average Bonchev–Trinajstić information content (AvgIpc) is 2.29. The third kappa shape index (κ3) is 6.07. The third-order valence-corrected chi connectivity index (χ3v) is 2.67. The van der Waals surface area contributed by atoms with Crippen LogP contribution >= 0.6 is 23.4 Å². The van der Waals surface area contributed by atoms with Crippen LogP contribution in [0.4, 0.5) is 18.9 Å². The number of hydrogen-bond acceptors (Lipinski definition) is 3. The Morgan fingerprint density at radius 1 is 1.47 bits per heavy atom. The predicted molar refractivity (Wildman–Crippen MR) is 70.0 cm³/mol. The Morgan fingerprint density at radius 3 is 2.74 bits per heavy atom. The Bertz CT molecular complexity index is 454. The van der Waals surface area contributed by atoms with Crippen LogP contribution < -0.4 is 10.1 Å². The van der Waals surface area contributed by atoms with Gasteiger partial charge in [-0.1, -0.05) is 11.6 Å². The molecule has 0 aliphatic carbocycles. The number of ether oxygens (including phenoxy) is 1. The monoisotopic (exact) mass is 313 g/mol. The molecule has 0 unspecified atom stereocenters. The largest absolute Gasteiger partial charge is 0.482 e. The van der Waals surface area contributed by atoms with Crippen molar-refractivity contribution in [1.29, 1.82) is 0 Å². The molecular weight excluding hydrogens is 303 g/mol. The molecule has 1 aromatic rings. The molecule has 0 fully saturated rings. The first-order chi connectivity index (χ1) is 8.81. The fraction of sp³-hybridized carbons (Fsp3) is 0.364. The molecule has 3 nitrogen and oxygen atoms in total. The normalized spacial score (nSPS) is 11.2. The second-order valence-corrected chi connectivity index (χ2v) is 4.83. The summed E-state index contributed by atoms with van der Waals surface area (Å²) < 4.78 is 41.0. The average molecular weight is 314 g/mol. The Balaban J connectivity index is 2.82. The Kier molecular flexibility index (Phi) is 5.81. The molecule has 0 spiro atoms. The number of benzene rings is 1. The summed E-state index contributed by atoms with van der Waals surface area (Å²) in [7, 11) is 0. The van der Waals surface area contributed by atoms with E-state index in [1.54, 1.807) is 6.26 Å². The van der Waals surface area contributed by atoms with E-state index in [-0.39, 0.29) is 28.1 Å². The molecule has 0 aliphatic rings. The van der Waals surface area contributed by atoms with E-state index in [0.717, 1.165) is 0 Å². The number of anilines is 1. The van der Waals surface area contributed by atoms with Crippen LogP contribution in [0.25, 0.3) is 0 Å². The zero-order valence-electron chi connectivity index (χ0n) is 9.88. The van der Waals surface area contributed by atoms with Crippen LogP contribution in [0.5, 0.6) is 5.75 Å². The van der Waals surface area contributed by atoms with E-state index in [9.17, 15) is 18.0 Å². The fourth-order valence-corrected chi connectivity index (χ4v) is 1.69. The van der Waals surface area contributed by atoms with Crippen molar-refractivity contribution in [3.05, 3.63) is 23.2 Å². The highest BCUT2D eigenvalue weighted by Gasteiger charge is 2.29. The molecule has 0 bridgehead atoms. The summed E-state index contributed by atoms with van der Waals surface area (Å²) in [5.41, 5.74) is 0.160. The summed E-state index contributed by atoms with van der Waals surface area (Å²) in [6.07, 6.45) is -2.72. The van der Waals surface area contributed by atoms with E-state index in [0.29, 0.717) is 0 Å². The predicted octanol–water partition coefficient (Wildman–Crippen LogP) is 3.58. The van der Waals surface area contributed by atoms with Crippen LogP contribution in [0, 0.1) is 0 Å². The maximum absolute atomic E-state index is 12.1. The van der Waals surface area contributed by atoms with E-state index < -0.39 is 12.8 Å². The number of rotatable bonds is 5. The van der Waals surface area contributed by atoms with Crippen LogP contribution in [0.3, 0.4) is 0 Å². The maximum atomic E-state index is 12.1. The summed E-state index contributed by atoms with van der Waals surface area (Å²) >= 11 is 6.98. The number of amides is 1. The number of halogens is 4. The van der Waals surface area contributed by atoms with Gasteiger partial charge in [-0.05, 0) is 18.4 Å². The summed E-state index contributed by atoms with van der Waals surface area (Å²) in [6.45, 7) is -1.45. The van der Waals surface area contributed by atoms with Crippen molar-refractivity contribution >= 4 is 35.0 Å². The van der Waals surface area contributed by atoms with E-state index in [1.165, 1.54) is 30.0 Å². The summed E-state index contributed by atoms with van der Waals surface area (Å²) in [5, 5.41) is 2.69. The van der Waals surface area contributed by atoms with Gasteiger partial charge >= 0.3 is 6.18 Å². The van der Waals surface area contributed by atoms with E-state index >= 15 is 0 Å². The van der Waals surface area contributed by atoms with Gasteiger partial charge < -0.3 is 10.1 Å². The molecule has 0 aliphatic heterocycles. The minimum absolute atomic E-state index is 0.112. The topological polar surface area (TPSA) is 38.3 Å². The lowest BCUT2D eigenvalue weighted by Crippen LogP contribution is -2.20. The zero-order valence-corrected chi connectivity index (χ0v) is 11.5. The summed E-state index contributed by atoms with van der Waals surface area (Å²) in [5.74, 6) is -0.243. The SMILES string of the molecule is CSCC(=O)Nc1ccc(Cl)cc1OCC(F)(F)F. The van der Waals surface area contributed by atoms with E-state index in [2.05, 4.69) is 10.1 Å². The van der Waals surface area contributed by atoms with Gasteiger partial charge in [0.05, 0.1) is 11.4 Å². The highest BCUT2D eigenvalue weighted by atomic mass is 35.5. The number of thioether (sulfide) groups is 1. The maximum Gasteiger partial charge on any atom is 0.422 e. The van der Waals surface area contributed by atoms with Gasteiger partial charge in [-0.25, -0.2) is 0 Å². The van der Waals surface area contributed by atoms with Gasteiger partial charge in [-0.3, -0.25) is 4.79 Å². The Labute approximate surface area is 117 Å². The van der Waals surface area contributed by atoms with Gasteiger partial charge in [0.15, 0.2) is 6.61 Å². The quantitative estimate of drug-likeness (QED) is 0.903. The molecule has 0 radical (unpaired) electrons.